The molecule has 14 nitrogen and oxygen atoms in total. The van der Waals surface area contributed by atoms with Gasteiger partial charge in [0.25, 0.3) is 14.1 Å². The summed E-state index contributed by atoms with van der Waals surface area (Å²) in [5, 5.41) is 9.41. The van der Waals surface area contributed by atoms with Gasteiger partial charge in [-0.25, -0.2) is 9.46 Å². The zero-order valence-electron chi connectivity index (χ0n) is 34.8. The number of carbonyl (C=O) groups is 1. The first-order valence-electron chi connectivity index (χ1n) is 19.6. The van der Waals surface area contributed by atoms with Crippen LogP contribution in [0.5, 0.6) is 11.5 Å². The van der Waals surface area contributed by atoms with E-state index in [4.69, 9.17) is 28.0 Å². The summed E-state index contributed by atoms with van der Waals surface area (Å²) in [5.74, 6) is -1.07. The number of carbonyl (C=O) groups excluding carboxylic acids is 1. The molecule has 1 N–H and O–H groups in total. The lowest BCUT2D eigenvalue weighted by Gasteiger charge is -2.42. The Morgan fingerprint density at radius 3 is 2.02 bits per heavy atom. The third-order valence-electron chi connectivity index (χ3n) is 10.8. The number of aryl methyl sites for hydroxylation is 1. The molecule has 18 heteroatoms. The Morgan fingerprint density at radius 1 is 0.951 bits per heavy atom. The first-order valence-corrected chi connectivity index (χ1v) is 20.8. The number of aromatic amines is 1. The van der Waals surface area contributed by atoms with Gasteiger partial charge in [-0.15, -0.1) is 0 Å². The summed E-state index contributed by atoms with van der Waals surface area (Å²) >= 11 is 0. The fourth-order valence-corrected chi connectivity index (χ4v) is 9.88. The lowest BCUT2D eigenvalue weighted by molar-refractivity contribution is -0.207. The molecule has 1 unspecified atom stereocenters. The van der Waals surface area contributed by atoms with Gasteiger partial charge in [0.05, 0.1) is 46.5 Å². The topological polar surface area (TPSA) is 158 Å². The number of alkyl halides is 3. The first-order chi connectivity index (χ1) is 29.0. The molecule has 2 saturated heterocycles. The monoisotopic (exact) mass is 867 g/mol. The summed E-state index contributed by atoms with van der Waals surface area (Å²) < 4.78 is 85.0. The molecule has 61 heavy (non-hydrogen) atoms. The van der Waals surface area contributed by atoms with Gasteiger partial charge in [0, 0.05) is 23.8 Å². The molecule has 6 rings (SSSR count). The molecule has 4 aromatic rings. The van der Waals surface area contributed by atoms with E-state index in [-0.39, 0.29) is 30.7 Å². The average Bonchev–Trinajstić information content (AvgIpc) is 3.70. The summed E-state index contributed by atoms with van der Waals surface area (Å²) in [5.41, 5.74) is -3.20. The third-order valence-corrected chi connectivity index (χ3v) is 12.9. The van der Waals surface area contributed by atoms with Gasteiger partial charge < -0.3 is 32.9 Å². The fraction of sp³-hybridized carbons (Fsp3) is 0.442. The van der Waals surface area contributed by atoms with Gasteiger partial charge in [-0.05, 0) is 75.6 Å². The summed E-state index contributed by atoms with van der Waals surface area (Å²) in [6, 6.07) is 23.4. The molecule has 0 aliphatic carbocycles. The highest BCUT2D eigenvalue weighted by molar-refractivity contribution is 7.44. The predicted molar refractivity (Wildman–Crippen MR) is 219 cm³/mol. The molecular formula is C43H49F3N5O9P. The molecule has 2 aliphatic rings. The SMILES string of the molecule is COc1ccc(C(OC[C@@]23CN(C(=O)C(F)(F)F)[C@@H]([C@H](n4cc(C)c(=O)[nH]c4=O)O2)[C@H]3OP(OCCC#N)N(C(C)C)C(C)C)(c2ccccc2)c2ccc(OC)cc2)cc1. The molecule has 0 spiro atoms. The second kappa shape index (κ2) is 18.5. The van der Waals surface area contributed by atoms with Crippen molar-refractivity contribution in [3.63, 3.8) is 0 Å². The van der Waals surface area contributed by atoms with Gasteiger partial charge in [0.2, 0.25) is 0 Å². The molecule has 1 amide bonds. The number of nitrogens with zero attached hydrogens (tertiary/aromatic N) is 4. The Labute approximate surface area is 352 Å². The van der Waals surface area contributed by atoms with Crippen LogP contribution in [0, 0.1) is 18.3 Å². The third kappa shape index (κ3) is 8.97. The smallest absolute Gasteiger partial charge is 0.471 e. The zero-order valence-corrected chi connectivity index (χ0v) is 35.7. The number of methoxy groups -OCH3 is 2. The fourth-order valence-electron chi connectivity index (χ4n) is 8.06. The number of ether oxygens (including phenoxy) is 4. The number of likely N-dealkylation sites (tertiary alicyclic amines) is 1. The standard InChI is InChI=1S/C43H49F3N5O9P/c1-27(2)51(28(3)4)61(58-23-11-22-47)60-36-35-38(49-24-29(5)37(52)48-40(49)54)59-41(36,25-50(35)39(53)43(44,45)46)26-57-42(30-12-9-8-10-13-30,31-14-18-33(55-6)19-15-31)32-16-20-34(56-7)21-17-32/h8-10,12-21,24,27-28,35-36,38H,11,23,25-26H2,1-7H3,(H,48,52,54)/t35-,36-,38-,41-,61?/m1/s1. The van der Waals surface area contributed by atoms with Crippen LogP contribution in [0.3, 0.4) is 0 Å². The second-order valence-corrected chi connectivity index (χ2v) is 16.7. The summed E-state index contributed by atoms with van der Waals surface area (Å²) in [4.78, 5) is 42.5. The van der Waals surface area contributed by atoms with E-state index in [2.05, 4.69) is 4.98 Å². The van der Waals surface area contributed by atoms with Crippen molar-refractivity contribution in [3.05, 3.63) is 128 Å². The normalized spacial score (nSPS) is 20.7. The van der Waals surface area contributed by atoms with Crippen molar-refractivity contribution in [2.24, 2.45) is 0 Å². The van der Waals surface area contributed by atoms with Crippen molar-refractivity contribution in [1.82, 2.24) is 19.1 Å². The van der Waals surface area contributed by atoms with Gasteiger partial charge >= 0.3 is 17.8 Å². The number of morpholine rings is 1. The van der Waals surface area contributed by atoms with Crippen molar-refractivity contribution in [1.29, 1.82) is 5.26 Å². The predicted octanol–water partition coefficient (Wildman–Crippen LogP) is 6.57. The van der Waals surface area contributed by atoms with Crippen molar-refractivity contribution in [2.75, 3.05) is 34.0 Å². The van der Waals surface area contributed by atoms with Gasteiger partial charge in [-0.1, -0.05) is 54.6 Å². The van der Waals surface area contributed by atoms with Crippen LogP contribution in [0.4, 0.5) is 13.2 Å². The maximum Gasteiger partial charge on any atom is 0.471 e. The van der Waals surface area contributed by atoms with Crippen LogP contribution in [-0.2, 0) is 28.9 Å². The Bertz CT molecular complexity index is 2250. The van der Waals surface area contributed by atoms with Crippen molar-refractivity contribution < 1.29 is 46.0 Å². The van der Waals surface area contributed by atoms with Crippen LogP contribution in [0.25, 0.3) is 0 Å². The number of nitriles is 1. The zero-order chi connectivity index (χ0) is 44.3. The molecule has 2 aliphatic heterocycles. The average molecular weight is 868 g/mol. The molecule has 0 radical (unpaired) electrons. The minimum absolute atomic E-state index is 0.0122. The Morgan fingerprint density at radius 2 is 1.51 bits per heavy atom. The molecule has 0 saturated carbocycles. The number of nitrogens with one attached hydrogen (secondary N) is 1. The number of hydrogen-bond donors (Lipinski definition) is 1. The number of H-pyrrole nitrogens is 1. The lowest BCUT2D eigenvalue weighted by Crippen LogP contribution is -2.55. The molecule has 1 aromatic heterocycles. The lowest BCUT2D eigenvalue weighted by atomic mass is 9.79. The summed E-state index contributed by atoms with van der Waals surface area (Å²) in [6.45, 7) is 7.76. The minimum Gasteiger partial charge on any atom is -0.497 e. The number of hydrogen-bond acceptors (Lipinski definition) is 11. The highest BCUT2D eigenvalue weighted by Crippen LogP contribution is 2.57. The van der Waals surface area contributed by atoms with E-state index in [0.717, 1.165) is 4.57 Å². The second-order valence-electron chi connectivity index (χ2n) is 15.3. The molecular weight excluding hydrogens is 818 g/mol. The van der Waals surface area contributed by atoms with Gasteiger partial charge in [-0.2, -0.15) is 18.4 Å². The Kier molecular flexibility index (Phi) is 13.8. The van der Waals surface area contributed by atoms with E-state index in [1.807, 2.05) is 93.0 Å². The highest BCUT2D eigenvalue weighted by Gasteiger charge is 2.70. The van der Waals surface area contributed by atoms with Crippen molar-refractivity contribution in [3.8, 4) is 17.6 Å². The maximum absolute atomic E-state index is 14.7. The van der Waals surface area contributed by atoms with E-state index < -0.39 is 74.6 Å². The van der Waals surface area contributed by atoms with E-state index >= 15 is 0 Å². The van der Waals surface area contributed by atoms with Crippen molar-refractivity contribution >= 4 is 14.4 Å². The Hall–Kier alpha value is -5.08. The molecule has 3 aromatic carbocycles. The van der Waals surface area contributed by atoms with E-state index in [9.17, 15) is 32.8 Å². The number of halogens is 3. The number of fused-ring (bicyclic) bond motifs is 2. The number of rotatable bonds is 17. The van der Waals surface area contributed by atoms with Crippen molar-refractivity contribution in [2.45, 2.75) is 88.9 Å². The van der Waals surface area contributed by atoms with Crippen LogP contribution in [0.2, 0.25) is 0 Å². The van der Waals surface area contributed by atoms with Gasteiger partial charge in [-0.3, -0.25) is 19.1 Å². The van der Waals surface area contributed by atoms with Crippen LogP contribution < -0.4 is 20.7 Å². The largest absolute Gasteiger partial charge is 0.497 e. The molecule has 5 atom stereocenters. The molecule has 326 valence electrons. The highest BCUT2D eigenvalue weighted by atomic mass is 31.2. The van der Waals surface area contributed by atoms with Crippen LogP contribution in [0.15, 0.2) is 94.6 Å². The minimum atomic E-state index is -5.34. The Balaban J connectivity index is 1.60. The molecule has 3 heterocycles. The first kappa shape index (κ1) is 45.4. The quantitative estimate of drug-likeness (QED) is 0.0696. The van der Waals surface area contributed by atoms with E-state index in [0.29, 0.717) is 33.1 Å². The van der Waals surface area contributed by atoms with Gasteiger partial charge in [0.15, 0.2) is 6.23 Å². The number of amides is 1. The van der Waals surface area contributed by atoms with E-state index in [1.165, 1.54) is 27.3 Å². The molecule has 2 bridgehead atoms. The van der Waals surface area contributed by atoms with Gasteiger partial charge in [0.1, 0.15) is 34.8 Å². The molecule has 2 fully saturated rings. The summed E-state index contributed by atoms with van der Waals surface area (Å²) in [6.07, 6.45) is -7.22. The maximum atomic E-state index is 14.7. The number of aromatic nitrogens is 2. The van der Waals surface area contributed by atoms with Crippen LogP contribution >= 0.6 is 8.53 Å². The summed E-state index contributed by atoms with van der Waals surface area (Å²) in [7, 11) is 0.894. The van der Waals surface area contributed by atoms with E-state index in [1.54, 1.807) is 24.3 Å². The van der Waals surface area contributed by atoms with Crippen LogP contribution in [-0.4, -0.2) is 95.0 Å². The number of benzene rings is 3. The van der Waals surface area contributed by atoms with Crippen LogP contribution in [0.1, 0.15) is 62.6 Å².